The number of benzene rings is 2. The monoisotopic (exact) mass is 322 g/mol. The highest BCUT2D eigenvalue weighted by Gasteiger charge is 2.20. The molecule has 0 saturated heterocycles. The molecule has 0 spiro atoms. The second-order valence-electron chi connectivity index (χ2n) is 4.48. The predicted octanol–water partition coefficient (Wildman–Crippen LogP) is 4.20. The molecule has 92 valence electrons. The Balaban J connectivity index is 1.93. The summed E-state index contributed by atoms with van der Waals surface area (Å²) in [4.78, 5) is 2.26. The Bertz CT molecular complexity index is 613. The molecule has 3 rings (SSSR count). The van der Waals surface area contributed by atoms with Crippen molar-refractivity contribution in [1.29, 1.82) is 0 Å². The fourth-order valence-corrected chi connectivity index (χ4v) is 3.12. The van der Waals surface area contributed by atoms with Gasteiger partial charge in [0, 0.05) is 23.2 Å². The van der Waals surface area contributed by atoms with E-state index in [9.17, 15) is 0 Å². The van der Waals surface area contributed by atoms with E-state index >= 15 is 0 Å². The Morgan fingerprint density at radius 1 is 1.06 bits per heavy atom. The van der Waals surface area contributed by atoms with Crippen LogP contribution >= 0.6 is 27.5 Å². The summed E-state index contributed by atoms with van der Waals surface area (Å²) < 4.78 is 0.997. The third-order valence-corrected chi connectivity index (χ3v) is 4.00. The quantitative estimate of drug-likeness (QED) is 0.797. The van der Waals surface area contributed by atoms with Gasteiger partial charge in [-0.3, -0.25) is 0 Å². The highest BCUT2D eigenvalue weighted by atomic mass is 79.9. The van der Waals surface area contributed by atoms with Gasteiger partial charge < -0.3 is 10.6 Å². The first-order chi connectivity index (χ1) is 8.63. The zero-order valence-electron chi connectivity index (χ0n) is 9.66. The van der Waals surface area contributed by atoms with Gasteiger partial charge in [0.25, 0.3) is 0 Å². The van der Waals surface area contributed by atoms with Gasteiger partial charge in [0.2, 0.25) is 0 Å². The zero-order valence-corrected chi connectivity index (χ0v) is 12.0. The molecular weight excluding hydrogens is 312 g/mol. The number of halogens is 2. The van der Waals surface area contributed by atoms with Gasteiger partial charge in [0.15, 0.2) is 0 Å². The molecule has 2 N–H and O–H groups in total. The SMILES string of the molecule is Nc1ccc2c(c1)CN(c1ccc(Br)cc1Cl)C2. The van der Waals surface area contributed by atoms with Gasteiger partial charge in [-0.15, -0.1) is 0 Å². The lowest BCUT2D eigenvalue weighted by molar-refractivity contribution is 0.880. The van der Waals surface area contributed by atoms with Crippen molar-refractivity contribution in [2.45, 2.75) is 13.1 Å². The maximum absolute atomic E-state index is 6.29. The molecule has 0 aromatic heterocycles. The number of nitrogens with two attached hydrogens (primary N) is 1. The van der Waals surface area contributed by atoms with E-state index in [1.807, 2.05) is 30.3 Å². The summed E-state index contributed by atoms with van der Waals surface area (Å²) in [6.45, 7) is 1.75. The van der Waals surface area contributed by atoms with E-state index in [0.717, 1.165) is 34.0 Å². The van der Waals surface area contributed by atoms with Crippen molar-refractivity contribution >= 4 is 38.9 Å². The zero-order chi connectivity index (χ0) is 12.7. The van der Waals surface area contributed by atoms with Crippen LogP contribution in [0.3, 0.4) is 0 Å². The number of nitrogens with zero attached hydrogens (tertiary/aromatic N) is 1. The van der Waals surface area contributed by atoms with Crippen LogP contribution in [-0.4, -0.2) is 0 Å². The third kappa shape index (κ3) is 2.08. The van der Waals surface area contributed by atoms with Crippen LogP contribution in [0.5, 0.6) is 0 Å². The first kappa shape index (κ1) is 11.9. The van der Waals surface area contributed by atoms with Gasteiger partial charge >= 0.3 is 0 Å². The molecule has 2 nitrogen and oxygen atoms in total. The van der Waals surface area contributed by atoms with E-state index in [1.165, 1.54) is 11.1 Å². The summed E-state index contributed by atoms with van der Waals surface area (Å²) in [6, 6.07) is 12.1. The fourth-order valence-electron chi connectivity index (χ4n) is 2.32. The van der Waals surface area contributed by atoms with E-state index in [1.54, 1.807) is 0 Å². The van der Waals surface area contributed by atoms with E-state index in [0.29, 0.717) is 0 Å². The second kappa shape index (κ2) is 4.48. The molecule has 0 atom stereocenters. The van der Waals surface area contributed by atoms with E-state index in [2.05, 4.69) is 26.9 Å². The third-order valence-electron chi connectivity index (χ3n) is 3.20. The molecule has 0 radical (unpaired) electrons. The lowest BCUT2D eigenvalue weighted by Gasteiger charge is -2.19. The average molecular weight is 324 g/mol. The standard InChI is InChI=1S/C14H12BrClN2/c15-11-2-4-14(13(16)6-11)18-7-9-1-3-12(17)5-10(9)8-18/h1-6H,7-8,17H2. The topological polar surface area (TPSA) is 29.3 Å². The summed E-state index contributed by atoms with van der Waals surface area (Å²) in [5.74, 6) is 0. The van der Waals surface area contributed by atoms with Crippen LogP contribution < -0.4 is 10.6 Å². The van der Waals surface area contributed by atoms with Crippen LogP contribution in [0.25, 0.3) is 0 Å². The molecule has 4 heteroatoms. The van der Waals surface area contributed by atoms with Crippen LogP contribution in [0.2, 0.25) is 5.02 Å². The summed E-state index contributed by atoms with van der Waals surface area (Å²) in [7, 11) is 0. The molecule has 2 aromatic carbocycles. The molecule has 2 aromatic rings. The first-order valence-electron chi connectivity index (χ1n) is 5.71. The van der Waals surface area contributed by atoms with Crippen LogP contribution in [0.4, 0.5) is 11.4 Å². The Labute approximate surface area is 119 Å². The Morgan fingerprint density at radius 3 is 2.61 bits per heavy atom. The van der Waals surface area contributed by atoms with E-state index in [-0.39, 0.29) is 0 Å². The number of hydrogen-bond acceptors (Lipinski definition) is 2. The lowest BCUT2D eigenvalue weighted by Crippen LogP contribution is -2.14. The fraction of sp³-hybridized carbons (Fsp3) is 0.143. The first-order valence-corrected chi connectivity index (χ1v) is 6.88. The second-order valence-corrected chi connectivity index (χ2v) is 5.80. The largest absolute Gasteiger partial charge is 0.399 e. The molecule has 1 aliphatic rings. The molecule has 18 heavy (non-hydrogen) atoms. The highest BCUT2D eigenvalue weighted by Crippen LogP contribution is 2.35. The van der Waals surface area contributed by atoms with Crippen molar-refractivity contribution in [2.24, 2.45) is 0 Å². The number of anilines is 2. The van der Waals surface area contributed by atoms with Gasteiger partial charge in [-0.1, -0.05) is 33.6 Å². The summed E-state index contributed by atoms with van der Waals surface area (Å²) in [5, 5.41) is 0.769. The maximum atomic E-state index is 6.29. The van der Waals surface area contributed by atoms with Crippen molar-refractivity contribution in [3.8, 4) is 0 Å². The predicted molar refractivity (Wildman–Crippen MR) is 79.9 cm³/mol. The number of fused-ring (bicyclic) bond motifs is 1. The normalized spacial score (nSPS) is 13.8. The van der Waals surface area contributed by atoms with Crippen molar-refractivity contribution < 1.29 is 0 Å². The van der Waals surface area contributed by atoms with Gasteiger partial charge in [-0.2, -0.15) is 0 Å². The van der Waals surface area contributed by atoms with Gasteiger partial charge in [0.05, 0.1) is 10.7 Å². The minimum atomic E-state index is 0.769. The minimum absolute atomic E-state index is 0.769. The number of hydrogen-bond donors (Lipinski definition) is 1. The Morgan fingerprint density at radius 2 is 1.83 bits per heavy atom. The summed E-state index contributed by atoms with van der Waals surface area (Å²) >= 11 is 9.71. The maximum Gasteiger partial charge on any atom is 0.0651 e. The molecule has 0 amide bonds. The number of rotatable bonds is 1. The lowest BCUT2D eigenvalue weighted by atomic mass is 10.1. The van der Waals surface area contributed by atoms with Crippen molar-refractivity contribution in [3.05, 3.63) is 57.0 Å². The number of nitrogen functional groups attached to an aromatic ring is 1. The van der Waals surface area contributed by atoms with Crippen LogP contribution in [-0.2, 0) is 13.1 Å². The van der Waals surface area contributed by atoms with Gasteiger partial charge in [0.1, 0.15) is 0 Å². The van der Waals surface area contributed by atoms with Crippen molar-refractivity contribution in [1.82, 2.24) is 0 Å². The van der Waals surface area contributed by atoms with E-state index in [4.69, 9.17) is 17.3 Å². The Kier molecular flexibility index (Phi) is 2.96. The molecule has 1 aliphatic heterocycles. The molecule has 0 aliphatic carbocycles. The summed E-state index contributed by atoms with van der Waals surface area (Å²) in [5.41, 5.74) is 10.3. The van der Waals surface area contributed by atoms with Crippen LogP contribution in [0.15, 0.2) is 40.9 Å². The van der Waals surface area contributed by atoms with Crippen molar-refractivity contribution in [3.63, 3.8) is 0 Å². The van der Waals surface area contributed by atoms with Crippen LogP contribution in [0.1, 0.15) is 11.1 Å². The van der Waals surface area contributed by atoms with E-state index < -0.39 is 0 Å². The highest BCUT2D eigenvalue weighted by molar-refractivity contribution is 9.10. The molecule has 1 heterocycles. The van der Waals surface area contributed by atoms with Gasteiger partial charge in [-0.05, 0) is 41.5 Å². The van der Waals surface area contributed by atoms with Gasteiger partial charge in [-0.25, -0.2) is 0 Å². The molecular formula is C14H12BrClN2. The molecule has 0 fully saturated rings. The summed E-state index contributed by atoms with van der Waals surface area (Å²) in [6.07, 6.45) is 0. The minimum Gasteiger partial charge on any atom is -0.399 e. The van der Waals surface area contributed by atoms with Crippen molar-refractivity contribution in [2.75, 3.05) is 10.6 Å². The molecule has 0 saturated carbocycles. The van der Waals surface area contributed by atoms with Crippen LogP contribution in [0, 0.1) is 0 Å². The smallest absolute Gasteiger partial charge is 0.0651 e. The Hall–Kier alpha value is -1.19. The average Bonchev–Trinajstić information content (AvgIpc) is 2.71. The molecule has 0 bridgehead atoms. The molecule has 0 unspecified atom stereocenters.